The van der Waals surface area contributed by atoms with E-state index in [1.807, 2.05) is 32.9 Å². The molecule has 0 unspecified atom stereocenters. The Morgan fingerprint density at radius 1 is 1.37 bits per heavy atom. The molecular weight excluding hydrogens is 364 g/mol. The Balaban J connectivity index is 2.42. The van der Waals surface area contributed by atoms with Gasteiger partial charge in [-0.2, -0.15) is 0 Å². The third kappa shape index (κ3) is 5.61. The number of rotatable bonds is 5. The van der Waals surface area contributed by atoms with Gasteiger partial charge in [-0.1, -0.05) is 13.8 Å². The Morgan fingerprint density at radius 2 is 2.07 bits per heavy atom. The van der Waals surface area contributed by atoms with Crippen molar-refractivity contribution in [2.24, 2.45) is 5.92 Å². The van der Waals surface area contributed by atoms with Gasteiger partial charge in [0.25, 0.3) is 0 Å². The number of esters is 1. The molecule has 0 aromatic carbocycles. The highest BCUT2D eigenvalue weighted by Crippen LogP contribution is 2.42. The Kier molecular flexibility index (Phi) is 7.14. The second kappa shape index (κ2) is 8.95. The lowest BCUT2D eigenvalue weighted by molar-refractivity contribution is -0.148. The highest BCUT2D eigenvalue weighted by Gasteiger charge is 2.46. The van der Waals surface area contributed by atoms with Crippen molar-refractivity contribution in [3.05, 3.63) is 24.0 Å². The maximum Gasteiger partial charge on any atom is 0.410 e. The molecule has 6 nitrogen and oxygen atoms in total. The van der Waals surface area contributed by atoms with Gasteiger partial charge < -0.3 is 9.47 Å². The van der Waals surface area contributed by atoms with Crippen LogP contribution in [0.4, 0.5) is 4.79 Å². The average Bonchev–Trinajstić information content (AvgIpc) is 2.98. The third-order valence-electron chi connectivity index (χ3n) is 4.06. The van der Waals surface area contributed by atoms with Crippen LogP contribution in [0.2, 0.25) is 0 Å². The van der Waals surface area contributed by atoms with Crippen molar-refractivity contribution in [2.75, 3.05) is 13.2 Å². The van der Waals surface area contributed by atoms with Crippen LogP contribution in [0, 0.1) is 5.92 Å². The van der Waals surface area contributed by atoms with Gasteiger partial charge in [0.1, 0.15) is 5.60 Å². The molecule has 7 heteroatoms. The average molecular weight is 395 g/mol. The summed E-state index contributed by atoms with van der Waals surface area (Å²) < 4.78 is 10.9. The number of hydrogen-bond acceptors (Lipinski definition) is 6. The summed E-state index contributed by atoms with van der Waals surface area (Å²) in [5.74, 6) is -0.737. The number of carbonyl (C=O) groups is 2. The van der Waals surface area contributed by atoms with Crippen LogP contribution in [0.1, 0.15) is 59.7 Å². The molecule has 2 rings (SSSR count). The van der Waals surface area contributed by atoms with Crippen molar-refractivity contribution < 1.29 is 19.1 Å². The smallest absolute Gasteiger partial charge is 0.410 e. The Hall–Kier alpha value is -1.76. The van der Waals surface area contributed by atoms with Crippen LogP contribution in [-0.4, -0.2) is 45.9 Å². The van der Waals surface area contributed by atoms with E-state index in [0.717, 1.165) is 10.6 Å². The number of hydrogen-bond donors (Lipinski definition) is 0. The predicted octanol–water partition coefficient (Wildman–Crippen LogP) is 4.44. The van der Waals surface area contributed by atoms with Crippen LogP contribution >= 0.6 is 11.8 Å². The zero-order chi connectivity index (χ0) is 20.2. The van der Waals surface area contributed by atoms with E-state index < -0.39 is 23.7 Å². The summed E-state index contributed by atoms with van der Waals surface area (Å²) in [6.45, 7) is 12.2. The number of ether oxygens (including phenoxy) is 2. The highest BCUT2D eigenvalue weighted by atomic mass is 32.2. The Morgan fingerprint density at radius 3 is 2.67 bits per heavy atom. The highest BCUT2D eigenvalue weighted by molar-refractivity contribution is 8.00. The van der Waals surface area contributed by atoms with E-state index in [0.29, 0.717) is 24.8 Å². The lowest BCUT2D eigenvalue weighted by atomic mass is 9.97. The van der Waals surface area contributed by atoms with Gasteiger partial charge in [0.2, 0.25) is 0 Å². The lowest BCUT2D eigenvalue weighted by Gasteiger charge is -2.30. The van der Waals surface area contributed by atoms with Gasteiger partial charge in [-0.15, -0.1) is 11.8 Å². The number of nitrogens with zero attached hydrogens (tertiary/aromatic N) is 2. The van der Waals surface area contributed by atoms with Crippen LogP contribution < -0.4 is 0 Å². The minimum atomic E-state index is -0.608. The molecule has 1 aromatic heterocycles. The molecule has 0 bridgehead atoms. The van der Waals surface area contributed by atoms with E-state index >= 15 is 0 Å². The molecule has 0 N–H and O–H groups in total. The number of carbonyl (C=O) groups excluding carboxylic acids is 2. The number of likely N-dealkylation sites (tertiary alicyclic amines) is 1. The monoisotopic (exact) mass is 394 g/mol. The molecule has 0 radical (unpaired) electrons. The number of pyridine rings is 1. The lowest BCUT2D eigenvalue weighted by Crippen LogP contribution is -2.38. The molecule has 1 aliphatic heterocycles. The number of thioether (sulfide) groups is 1. The number of aromatic nitrogens is 1. The van der Waals surface area contributed by atoms with Gasteiger partial charge in [0, 0.05) is 22.9 Å². The van der Waals surface area contributed by atoms with E-state index in [9.17, 15) is 9.59 Å². The van der Waals surface area contributed by atoms with Gasteiger partial charge in [-0.25, -0.2) is 4.79 Å². The first-order chi connectivity index (χ1) is 12.6. The predicted molar refractivity (Wildman–Crippen MR) is 106 cm³/mol. The van der Waals surface area contributed by atoms with E-state index in [1.165, 1.54) is 0 Å². The van der Waals surface area contributed by atoms with E-state index in [-0.39, 0.29) is 5.97 Å². The fourth-order valence-corrected chi connectivity index (χ4v) is 4.09. The maximum absolute atomic E-state index is 12.8. The van der Waals surface area contributed by atoms with Crippen LogP contribution in [0.15, 0.2) is 23.2 Å². The first-order valence-corrected chi connectivity index (χ1v) is 10.3. The molecule has 27 heavy (non-hydrogen) atoms. The molecule has 1 aromatic rings. The molecule has 2 atom stereocenters. The molecule has 0 aliphatic carbocycles. The van der Waals surface area contributed by atoms with Crippen LogP contribution in [0.25, 0.3) is 0 Å². The SMILES string of the molecule is CCOC(=O)[C@@H]1CCN(C(=O)OC(C)(C)C)[C@@H]1c1ncccc1SC(C)C. The second-order valence-corrected chi connectivity index (χ2v) is 9.44. The van der Waals surface area contributed by atoms with Gasteiger partial charge in [0.05, 0.1) is 24.3 Å². The summed E-state index contributed by atoms with van der Waals surface area (Å²) in [6.07, 6.45) is 1.81. The minimum absolute atomic E-state index is 0.292. The third-order valence-corrected chi connectivity index (χ3v) is 5.13. The van der Waals surface area contributed by atoms with Gasteiger partial charge >= 0.3 is 12.1 Å². The quantitative estimate of drug-likeness (QED) is 0.543. The summed E-state index contributed by atoms with van der Waals surface area (Å²) in [5.41, 5.74) is 0.126. The molecule has 1 fully saturated rings. The normalized spacial score (nSPS) is 20.0. The van der Waals surface area contributed by atoms with Gasteiger partial charge in [-0.05, 0) is 46.2 Å². The Labute approximate surface area is 166 Å². The second-order valence-electron chi connectivity index (χ2n) is 7.82. The zero-order valence-corrected chi connectivity index (χ0v) is 17.8. The van der Waals surface area contributed by atoms with Crippen molar-refractivity contribution in [2.45, 2.75) is 69.8 Å². The minimum Gasteiger partial charge on any atom is -0.466 e. The van der Waals surface area contributed by atoms with Crippen molar-refractivity contribution in [1.82, 2.24) is 9.88 Å². The summed E-state index contributed by atoms with van der Waals surface area (Å²) in [5, 5.41) is 0.352. The van der Waals surface area contributed by atoms with Gasteiger partial charge in [-0.3, -0.25) is 14.7 Å². The largest absolute Gasteiger partial charge is 0.466 e. The standard InChI is InChI=1S/C20H30N2O4S/c1-7-25-18(23)14-10-12-22(19(24)26-20(4,5)6)17(14)16-15(27-13(2)3)9-8-11-21-16/h8-9,11,13-14,17H,7,10,12H2,1-6H3/t14-,17+/m1/s1. The number of amides is 1. The van der Waals surface area contributed by atoms with E-state index in [1.54, 1.807) is 29.8 Å². The van der Waals surface area contributed by atoms with Crippen LogP contribution in [-0.2, 0) is 14.3 Å². The molecule has 0 saturated carbocycles. The molecule has 2 heterocycles. The van der Waals surface area contributed by atoms with E-state index in [2.05, 4.69) is 18.8 Å². The van der Waals surface area contributed by atoms with Crippen molar-refractivity contribution >= 4 is 23.8 Å². The molecule has 1 saturated heterocycles. The van der Waals surface area contributed by atoms with Crippen molar-refractivity contribution in [3.63, 3.8) is 0 Å². The fraction of sp³-hybridized carbons (Fsp3) is 0.650. The summed E-state index contributed by atoms with van der Waals surface area (Å²) >= 11 is 1.67. The molecular formula is C20H30N2O4S. The van der Waals surface area contributed by atoms with Crippen LogP contribution in [0.5, 0.6) is 0 Å². The topological polar surface area (TPSA) is 68.7 Å². The fourth-order valence-electron chi connectivity index (χ4n) is 3.13. The zero-order valence-electron chi connectivity index (χ0n) is 17.0. The maximum atomic E-state index is 12.8. The molecule has 1 amide bonds. The van der Waals surface area contributed by atoms with E-state index in [4.69, 9.17) is 9.47 Å². The Bertz CT molecular complexity index is 672. The summed E-state index contributed by atoms with van der Waals surface area (Å²) in [4.78, 5) is 32.6. The van der Waals surface area contributed by atoms with Gasteiger partial charge in [0.15, 0.2) is 0 Å². The first-order valence-electron chi connectivity index (χ1n) is 9.42. The van der Waals surface area contributed by atoms with Crippen molar-refractivity contribution in [3.8, 4) is 0 Å². The summed E-state index contributed by atoms with van der Waals surface area (Å²) in [7, 11) is 0. The van der Waals surface area contributed by atoms with Crippen molar-refractivity contribution in [1.29, 1.82) is 0 Å². The molecule has 150 valence electrons. The first kappa shape index (κ1) is 21.5. The van der Waals surface area contributed by atoms with Crippen LogP contribution in [0.3, 0.4) is 0 Å². The molecule has 0 spiro atoms. The summed E-state index contributed by atoms with van der Waals surface area (Å²) in [6, 6.07) is 3.38. The molecule has 1 aliphatic rings.